The largest absolute Gasteiger partial charge is 0.495 e. The molecular formula is C12H17N5O2S. The second kappa shape index (κ2) is 6.00. The molecule has 0 amide bonds. The first-order valence-corrected chi connectivity index (χ1v) is 7.67. The number of ether oxygens (including phenoxy) is 1. The molecular weight excluding hydrogens is 278 g/mol. The molecule has 1 heterocycles. The smallest absolute Gasteiger partial charge is 0.182 e. The number of hydrogen-bond acceptors (Lipinski definition) is 6. The van der Waals surface area contributed by atoms with Crippen molar-refractivity contribution in [2.24, 2.45) is 0 Å². The summed E-state index contributed by atoms with van der Waals surface area (Å²) in [7, 11) is 0.626. The molecule has 8 heteroatoms. The summed E-state index contributed by atoms with van der Waals surface area (Å²) in [5.41, 5.74) is 7.14. The van der Waals surface area contributed by atoms with Crippen molar-refractivity contribution in [1.29, 1.82) is 0 Å². The monoisotopic (exact) mass is 295 g/mol. The summed E-state index contributed by atoms with van der Waals surface area (Å²) in [5.74, 6) is 1.17. The van der Waals surface area contributed by atoms with E-state index >= 15 is 0 Å². The van der Waals surface area contributed by atoms with Gasteiger partial charge in [-0.15, -0.1) is 5.10 Å². The second-order valence-electron chi connectivity index (χ2n) is 4.45. The average molecular weight is 295 g/mol. The number of nitrogen functional groups attached to an aromatic ring is 1. The van der Waals surface area contributed by atoms with Crippen LogP contribution in [0, 0.1) is 0 Å². The van der Waals surface area contributed by atoms with Gasteiger partial charge in [0.25, 0.3) is 0 Å². The number of hydrogen-bond donors (Lipinski definition) is 1. The predicted octanol–water partition coefficient (Wildman–Crippen LogP) is 0.698. The molecule has 0 aliphatic carbocycles. The average Bonchev–Trinajstić information content (AvgIpc) is 2.87. The van der Waals surface area contributed by atoms with Crippen molar-refractivity contribution < 1.29 is 8.95 Å². The van der Waals surface area contributed by atoms with Crippen LogP contribution in [0.1, 0.15) is 6.92 Å². The van der Waals surface area contributed by atoms with Crippen LogP contribution in [0.4, 0.5) is 5.69 Å². The molecule has 0 fully saturated rings. The van der Waals surface area contributed by atoms with E-state index in [1.807, 2.05) is 13.0 Å². The Kier molecular flexibility index (Phi) is 4.33. The molecule has 0 spiro atoms. The van der Waals surface area contributed by atoms with Gasteiger partial charge in [0.05, 0.1) is 24.6 Å². The van der Waals surface area contributed by atoms with Crippen LogP contribution in [0.5, 0.6) is 5.75 Å². The summed E-state index contributed by atoms with van der Waals surface area (Å²) in [6.45, 7) is 2.38. The molecule has 2 aromatic rings. The first kappa shape index (κ1) is 14.4. The van der Waals surface area contributed by atoms with E-state index in [9.17, 15) is 4.21 Å². The first-order chi connectivity index (χ1) is 9.52. The van der Waals surface area contributed by atoms with Crippen molar-refractivity contribution in [3.8, 4) is 17.1 Å². The maximum absolute atomic E-state index is 11.5. The summed E-state index contributed by atoms with van der Waals surface area (Å²) < 4.78 is 18.3. The van der Waals surface area contributed by atoms with Crippen LogP contribution in [-0.2, 0) is 17.3 Å². The Morgan fingerprint density at radius 2 is 2.25 bits per heavy atom. The highest BCUT2D eigenvalue weighted by Crippen LogP contribution is 2.27. The molecule has 1 aromatic heterocycles. The maximum atomic E-state index is 11.5. The van der Waals surface area contributed by atoms with E-state index in [4.69, 9.17) is 10.5 Å². The third-order valence-electron chi connectivity index (χ3n) is 3.02. The Morgan fingerprint density at radius 1 is 1.50 bits per heavy atom. The Hall–Kier alpha value is -1.96. The zero-order valence-electron chi connectivity index (χ0n) is 11.6. The molecule has 2 N–H and O–H groups in total. The van der Waals surface area contributed by atoms with Gasteiger partial charge in [-0.25, -0.2) is 4.68 Å². The van der Waals surface area contributed by atoms with Crippen molar-refractivity contribution >= 4 is 16.5 Å². The van der Waals surface area contributed by atoms with Gasteiger partial charge in [0, 0.05) is 22.6 Å². The second-order valence-corrected chi connectivity index (χ2v) is 6.25. The zero-order valence-corrected chi connectivity index (χ0v) is 12.4. The number of anilines is 1. The normalized spacial score (nSPS) is 13.9. The Bertz CT molecular complexity index is 628. The quantitative estimate of drug-likeness (QED) is 0.816. The fourth-order valence-corrected chi connectivity index (χ4v) is 2.08. The lowest BCUT2D eigenvalue weighted by Crippen LogP contribution is -2.19. The molecule has 108 valence electrons. The van der Waals surface area contributed by atoms with Crippen LogP contribution >= 0.6 is 0 Å². The fourth-order valence-electron chi connectivity index (χ4n) is 1.73. The van der Waals surface area contributed by atoms with Gasteiger partial charge in [-0.1, -0.05) is 0 Å². The molecule has 2 unspecified atom stereocenters. The van der Waals surface area contributed by atoms with Gasteiger partial charge in [-0.2, -0.15) is 0 Å². The van der Waals surface area contributed by atoms with Crippen LogP contribution in [0.3, 0.4) is 0 Å². The molecule has 2 rings (SSSR count). The summed E-state index contributed by atoms with van der Waals surface area (Å²) in [4.78, 5) is 0. The number of aromatic nitrogens is 4. The van der Waals surface area contributed by atoms with Crippen molar-refractivity contribution in [2.45, 2.75) is 18.7 Å². The van der Waals surface area contributed by atoms with Crippen LogP contribution in [-0.4, -0.2) is 43.0 Å². The lowest BCUT2D eigenvalue weighted by molar-refractivity contribution is 0.417. The van der Waals surface area contributed by atoms with E-state index in [-0.39, 0.29) is 5.25 Å². The molecule has 0 bridgehead atoms. The number of nitrogens with two attached hydrogens (primary N) is 1. The van der Waals surface area contributed by atoms with E-state index < -0.39 is 10.8 Å². The SMILES string of the molecule is COc1cc(-c2nnnn2CC(C)S(C)=O)ccc1N. The Morgan fingerprint density at radius 3 is 2.90 bits per heavy atom. The topological polar surface area (TPSA) is 95.9 Å². The summed E-state index contributed by atoms with van der Waals surface area (Å²) >= 11 is 0. The molecule has 20 heavy (non-hydrogen) atoms. The molecule has 0 radical (unpaired) electrons. The fraction of sp³-hybridized carbons (Fsp3) is 0.417. The van der Waals surface area contributed by atoms with Gasteiger partial charge in [0.1, 0.15) is 5.75 Å². The number of nitrogens with zero attached hydrogens (tertiary/aromatic N) is 4. The van der Waals surface area contributed by atoms with E-state index in [2.05, 4.69) is 15.5 Å². The lowest BCUT2D eigenvalue weighted by atomic mass is 10.2. The van der Waals surface area contributed by atoms with Gasteiger partial charge >= 0.3 is 0 Å². The maximum Gasteiger partial charge on any atom is 0.182 e. The van der Waals surface area contributed by atoms with Crippen molar-refractivity contribution in [3.63, 3.8) is 0 Å². The Balaban J connectivity index is 2.34. The molecule has 7 nitrogen and oxygen atoms in total. The van der Waals surface area contributed by atoms with Gasteiger partial charge in [-0.05, 0) is 35.5 Å². The highest BCUT2D eigenvalue weighted by atomic mass is 32.2. The molecule has 0 aliphatic rings. The van der Waals surface area contributed by atoms with Crippen LogP contribution in [0.15, 0.2) is 18.2 Å². The molecule has 0 saturated heterocycles. The standard InChI is InChI=1S/C12H17N5O2S/c1-8(20(3)18)7-17-12(14-15-16-17)9-4-5-10(13)11(6-9)19-2/h4-6,8H,7,13H2,1-3H3. The highest BCUT2D eigenvalue weighted by molar-refractivity contribution is 7.84. The van der Waals surface area contributed by atoms with Crippen LogP contribution in [0.2, 0.25) is 0 Å². The molecule has 2 atom stereocenters. The molecule has 0 saturated carbocycles. The van der Waals surface area contributed by atoms with Gasteiger partial charge in [-0.3, -0.25) is 4.21 Å². The van der Waals surface area contributed by atoms with E-state index in [0.29, 0.717) is 23.8 Å². The van der Waals surface area contributed by atoms with Crippen LogP contribution < -0.4 is 10.5 Å². The number of benzene rings is 1. The predicted molar refractivity (Wildman–Crippen MR) is 77.7 cm³/mol. The summed E-state index contributed by atoms with van der Waals surface area (Å²) in [6.07, 6.45) is 1.67. The molecule has 1 aromatic carbocycles. The minimum atomic E-state index is -0.930. The summed E-state index contributed by atoms with van der Waals surface area (Å²) in [5, 5.41) is 11.6. The third kappa shape index (κ3) is 2.96. The number of methoxy groups -OCH3 is 1. The highest BCUT2D eigenvalue weighted by Gasteiger charge is 2.15. The van der Waals surface area contributed by atoms with E-state index in [0.717, 1.165) is 5.56 Å². The minimum Gasteiger partial charge on any atom is -0.495 e. The van der Waals surface area contributed by atoms with E-state index in [1.165, 1.54) is 0 Å². The van der Waals surface area contributed by atoms with Crippen LogP contribution in [0.25, 0.3) is 11.4 Å². The Labute approximate surface area is 119 Å². The van der Waals surface area contributed by atoms with Crippen molar-refractivity contribution in [3.05, 3.63) is 18.2 Å². The lowest BCUT2D eigenvalue weighted by Gasteiger charge is -2.10. The van der Waals surface area contributed by atoms with Crippen molar-refractivity contribution in [1.82, 2.24) is 20.2 Å². The number of tetrazole rings is 1. The minimum absolute atomic E-state index is 0.0343. The van der Waals surface area contributed by atoms with Gasteiger partial charge in [0.2, 0.25) is 0 Å². The van der Waals surface area contributed by atoms with Gasteiger partial charge < -0.3 is 10.5 Å². The zero-order chi connectivity index (χ0) is 14.7. The third-order valence-corrected chi connectivity index (χ3v) is 4.30. The van der Waals surface area contributed by atoms with E-state index in [1.54, 1.807) is 30.2 Å². The number of rotatable bonds is 5. The van der Waals surface area contributed by atoms with Crippen molar-refractivity contribution in [2.75, 3.05) is 19.1 Å². The van der Waals surface area contributed by atoms with Gasteiger partial charge in [0.15, 0.2) is 5.82 Å². The molecule has 0 aliphatic heterocycles. The summed E-state index contributed by atoms with van der Waals surface area (Å²) in [6, 6.07) is 5.35. The first-order valence-electron chi connectivity index (χ1n) is 6.05.